The minimum atomic E-state index is 0.371. The van der Waals surface area contributed by atoms with Crippen molar-refractivity contribution in [2.45, 2.75) is 25.3 Å². The summed E-state index contributed by atoms with van der Waals surface area (Å²) < 4.78 is 0. The molecule has 18 heavy (non-hydrogen) atoms. The van der Waals surface area contributed by atoms with E-state index < -0.39 is 0 Å². The number of nitrogens with one attached hydrogen (secondary N) is 1. The second-order valence-electron chi connectivity index (χ2n) is 4.99. The fourth-order valence-corrected chi connectivity index (χ4v) is 3.65. The van der Waals surface area contributed by atoms with Gasteiger partial charge in [0.15, 0.2) is 0 Å². The van der Waals surface area contributed by atoms with E-state index >= 15 is 0 Å². The largest absolute Gasteiger partial charge is 0.271 e. The topological polar surface area (TPSA) is 38.0 Å². The lowest BCUT2D eigenvalue weighted by atomic mass is 9.94. The summed E-state index contributed by atoms with van der Waals surface area (Å²) in [5.74, 6) is 6.38. The van der Waals surface area contributed by atoms with Crippen LogP contribution in [-0.4, -0.2) is 6.04 Å². The van der Waals surface area contributed by atoms with Gasteiger partial charge in [0.1, 0.15) is 0 Å². The van der Waals surface area contributed by atoms with Crippen molar-refractivity contribution < 1.29 is 0 Å². The molecule has 0 bridgehead atoms. The molecule has 3 N–H and O–H groups in total. The van der Waals surface area contributed by atoms with Crippen molar-refractivity contribution in [3.63, 3.8) is 0 Å². The van der Waals surface area contributed by atoms with Gasteiger partial charge < -0.3 is 0 Å². The molecule has 0 saturated carbocycles. The SMILES string of the molecule is NNC(Cc1cccs1)C1Cc2ccccc2C1. The Morgan fingerprint density at radius 2 is 1.89 bits per heavy atom. The molecule has 1 atom stereocenters. The van der Waals surface area contributed by atoms with Gasteiger partial charge in [-0.25, -0.2) is 0 Å². The molecule has 2 aromatic rings. The Bertz CT molecular complexity index is 479. The van der Waals surface area contributed by atoms with E-state index in [9.17, 15) is 0 Å². The summed E-state index contributed by atoms with van der Waals surface area (Å²) in [4.78, 5) is 1.41. The molecule has 1 aliphatic carbocycles. The first-order valence-corrected chi connectivity index (χ1v) is 7.30. The Labute approximate surface area is 112 Å². The molecule has 0 aliphatic heterocycles. The van der Waals surface area contributed by atoms with Crippen molar-refractivity contribution in [3.05, 3.63) is 57.8 Å². The zero-order chi connectivity index (χ0) is 12.4. The van der Waals surface area contributed by atoms with Crippen LogP contribution in [0.5, 0.6) is 0 Å². The van der Waals surface area contributed by atoms with Crippen LogP contribution in [0.25, 0.3) is 0 Å². The van der Waals surface area contributed by atoms with Crippen molar-refractivity contribution in [2.24, 2.45) is 11.8 Å². The predicted molar refractivity (Wildman–Crippen MR) is 76.5 cm³/mol. The zero-order valence-electron chi connectivity index (χ0n) is 10.3. The van der Waals surface area contributed by atoms with E-state index in [-0.39, 0.29) is 0 Å². The first-order chi connectivity index (χ1) is 8.86. The van der Waals surface area contributed by atoms with Gasteiger partial charge in [-0.1, -0.05) is 30.3 Å². The fraction of sp³-hybridized carbons (Fsp3) is 0.333. The maximum Gasteiger partial charge on any atom is 0.0293 e. The number of nitrogens with two attached hydrogens (primary N) is 1. The lowest BCUT2D eigenvalue weighted by Crippen LogP contribution is -2.42. The smallest absolute Gasteiger partial charge is 0.0293 e. The molecule has 2 nitrogen and oxygen atoms in total. The van der Waals surface area contributed by atoms with Gasteiger partial charge in [0.25, 0.3) is 0 Å². The number of benzene rings is 1. The summed E-state index contributed by atoms with van der Waals surface area (Å²) in [5.41, 5.74) is 6.01. The number of fused-ring (bicyclic) bond motifs is 1. The highest BCUT2D eigenvalue weighted by molar-refractivity contribution is 7.09. The van der Waals surface area contributed by atoms with E-state index in [2.05, 4.69) is 47.2 Å². The van der Waals surface area contributed by atoms with Crippen LogP contribution in [0.3, 0.4) is 0 Å². The van der Waals surface area contributed by atoms with Crippen LogP contribution >= 0.6 is 11.3 Å². The summed E-state index contributed by atoms with van der Waals surface area (Å²) in [6.45, 7) is 0. The average molecular weight is 258 g/mol. The zero-order valence-corrected chi connectivity index (χ0v) is 11.1. The first-order valence-electron chi connectivity index (χ1n) is 6.42. The molecule has 3 heteroatoms. The summed E-state index contributed by atoms with van der Waals surface area (Å²) >= 11 is 1.81. The Hall–Kier alpha value is -1.16. The van der Waals surface area contributed by atoms with Gasteiger partial charge in [0, 0.05) is 10.9 Å². The van der Waals surface area contributed by atoms with Crippen molar-refractivity contribution in [1.82, 2.24) is 5.43 Å². The minimum Gasteiger partial charge on any atom is -0.271 e. The normalized spacial score (nSPS) is 16.7. The van der Waals surface area contributed by atoms with Crippen LogP contribution in [0, 0.1) is 5.92 Å². The van der Waals surface area contributed by atoms with Crippen LogP contribution < -0.4 is 11.3 Å². The number of thiophene rings is 1. The lowest BCUT2D eigenvalue weighted by molar-refractivity contribution is 0.368. The second-order valence-corrected chi connectivity index (χ2v) is 6.03. The van der Waals surface area contributed by atoms with E-state index in [0.717, 1.165) is 19.3 Å². The fourth-order valence-electron chi connectivity index (χ4n) is 2.88. The molecule has 1 heterocycles. The molecule has 1 aliphatic rings. The summed E-state index contributed by atoms with van der Waals surface area (Å²) in [6.07, 6.45) is 3.33. The molecule has 94 valence electrons. The highest BCUT2D eigenvalue weighted by Crippen LogP contribution is 2.30. The third-order valence-corrected chi connectivity index (χ3v) is 4.77. The summed E-state index contributed by atoms with van der Waals surface area (Å²) in [6, 6.07) is 13.4. The lowest BCUT2D eigenvalue weighted by Gasteiger charge is -2.21. The van der Waals surface area contributed by atoms with Crippen LogP contribution in [0.1, 0.15) is 16.0 Å². The summed E-state index contributed by atoms with van der Waals surface area (Å²) in [7, 11) is 0. The Kier molecular flexibility index (Phi) is 3.46. The summed E-state index contributed by atoms with van der Waals surface area (Å²) in [5, 5.41) is 2.13. The van der Waals surface area contributed by atoms with Gasteiger partial charge >= 0.3 is 0 Å². The highest BCUT2D eigenvalue weighted by Gasteiger charge is 2.28. The van der Waals surface area contributed by atoms with E-state index in [1.165, 1.54) is 16.0 Å². The highest BCUT2D eigenvalue weighted by atomic mass is 32.1. The average Bonchev–Trinajstić information content (AvgIpc) is 3.04. The number of hydrogen-bond donors (Lipinski definition) is 2. The van der Waals surface area contributed by atoms with Gasteiger partial charge in [-0.3, -0.25) is 11.3 Å². The molecule has 0 radical (unpaired) electrons. The van der Waals surface area contributed by atoms with Gasteiger partial charge in [-0.15, -0.1) is 11.3 Å². The molecular formula is C15H18N2S. The van der Waals surface area contributed by atoms with Crippen molar-refractivity contribution >= 4 is 11.3 Å². The third kappa shape index (κ3) is 2.34. The van der Waals surface area contributed by atoms with Crippen LogP contribution in [-0.2, 0) is 19.3 Å². The van der Waals surface area contributed by atoms with Crippen LogP contribution in [0.4, 0.5) is 0 Å². The van der Waals surface area contributed by atoms with Crippen LogP contribution in [0.15, 0.2) is 41.8 Å². The third-order valence-electron chi connectivity index (χ3n) is 3.87. The van der Waals surface area contributed by atoms with Crippen molar-refractivity contribution in [2.75, 3.05) is 0 Å². The molecule has 1 aromatic heterocycles. The van der Waals surface area contributed by atoms with E-state index in [4.69, 9.17) is 5.84 Å². The van der Waals surface area contributed by atoms with E-state index in [1.54, 1.807) is 0 Å². The standard InChI is InChI=1S/C15H18N2S/c16-17-15(10-14-6-3-7-18-14)13-8-11-4-1-2-5-12(11)9-13/h1-7,13,15,17H,8-10,16H2. The van der Waals surface area contributed by atoms with Gasteiger partial charge in [-0.2, -0.15) is 0 Å². The Morgan fingerprint density at radius 1 is 1.17 bits per heavy atom. The minimum absolute atomic E-state index is 0.371. The van der Waals surface area contributed by atoms with E-state index in [1.807, 2.05) is 11.3 Å². The van der Waals surface area contributed by atoms with Gasteiger partial charge in [-0.05, 0) is 47.8 Å². The number of hydrogen-bond acceptors (Lipinski definition) is 3. The quantitative estimate of drug-likeness (QED) is 0.653. The maximum atomic E-state index is 5.76. The molecular weight excluding hydrogens is 240 g/mol. The molecule has 0 saturated heterocycles. The molecule has 1 unspecified atom stereocenters. The molecule has 0 amide bonds. The van der Waals surface area contributed by atoms with Crippen molar-refractivity contribution in [3.8, 4) is 0 Å². The molecule has 0 fully saturated rings. The predicted octanol–water partition coefficient (Wildman–Crippen LogP) is 2.54. The van der Waals surface area contributed by atoms with Crippen molar-refractivity contribution in [1.29, 1.82) is 0 Å². The van der Waals surface area contributed by atoms with E-state index in [0.29, 0.717) is 12.0 Å². The second kappa shape index (κ2) is 5.22. The monoisotopic (exact) mass is 258 g/mol. The first kappa shape index (κ1) is 11.9. The molecule has 0 spiro atoms. The Morgan fingerprint density at radius 3 is 2.44 bits per heavy atom. The maximum absolute atomic E-state index is 5.76. The number of hydrazine groups is 1. The molecule has 1 aromatic carbocycles. The van der Waals surface area contributed by atoms with Crippen LogP contribution in [0.2, 0.25) is 0 Å². The Balaban J connectivity index is 1.71. The molecule has 3 rings (SSSR count). The van der Waals surface area contributed by atoms with Gasteiger partial charge in [0.05, 0.1) is 0 Å². The number of rotatable bonds is 4. The van der Waals surface area contributed by atoms with Gasteiger partial charge in [0.2, 0.25) is 0 Å².